The quantitative estimate of drug-likeness (QED) is 0.478. The average molecular weight is 388 g/mol. The smallest absolute Gasteiger partial charge is 0.235 e. The summed E-state index contributed by atoms with van der Waals surface area (Å²) in [6.07, 6.45) is 2.01. The minimum atomic E-state index is -0.334. The van der Waals surface area contributed by atoms with Gasteiger partial charge in [-0.05, 0) is 30.5 Å². The molecule has 2 amide bonds. The van der Waals surface area contributed by atoms with Crippen LogP contribution < -0.4 is 5.73 Å². The first-order chi connectivity index (χ1) is 14.1. The van der Waals surface area contributed by atoms with Gasteiger partial charge in [0, 0.05) is 17.6 Å². The molecule has 2 aromatic carbocycles. The van der Waals surface area contributed by atoms with Gasteiger partial charge in [0.1, 0.15) is 5.84 Å². The van der Waals surface area contributed by atoms with Crippen LogP contribution in [0.1, 0.15) is 35.6 Å². The van der Waals surface area contributed by atoms with Crippen molar-refractivity contribution in [1.82, 2.24) is 9.80 Å². The summed E-state index contributed by atoms with van der Waals surface area (Å²) in [4.78, 5) is 30.5. The molecule has 4 atom stereocenters. The third kappa shape index (κ3) is 2.78. The molecule has 6 nitrogen and oxygen atoms in total. The Morgan fingerprint density at radius 2 is 1.69 bits per heavy atom. The van der Waals surface area contributed by atoms with Crippen molar-refractivity contribution >= 4 is 17.6 Å². The van der Waals surface area contributed by atoms with Crippen molar-refractivity contribution in [3.63, 3.8) is 0 Å². The van der Waals surface area contributed by atoms with E-state index in [-0.39, 0.29) is 41.6 Å². The van der Waals surface area contributed by atoms with Crippen LogP contribution in [0.25, 0.3) is 0 Å². The summed E-state index contributed by atoms with van der Waals surface area (Å²) in [5.74, 6) is -0.644. The Hall–Kier alpha value is -2.99. The monoisotopic (exact) mass is 388 g/mol. The van der Waals surface area contributed by atoms with E-state index in [1.54, 1.807) is 0 Å². The molecule has 0 aromatic heterocycles. The summed E-state index contributed by atoms with van der Waals surface area (Å²) < 4.78 is 0. The van der Waals surface area contributed by atoms with Crippen LogP contribution in [0.15, 0.2) is 54.6 Å². The normalized spacial score (nSPS) is 28.6. The largest absolute Gasteiger partial charge is 0.384 e. The summed E-state index contributed by atoms with van der Waals surface area (Å²) >= 11 is 0. The van der Waals surface area contributed by atoms with Crippen molar-refractivity contribution in [1.29, 1.82) is 5.41 Å². The van der Waals surface area contributed by atoms with Crippen LogP contribution in [0, 0.1) is 17.2 Å². The number of likely N-dealkylation sites (tertiary alicyclic amines) is 1. The summed E-state index contributed by atoms with van der Waals surface area (Å²) in [5.41, 5.74) is 8.25. The zero-order chi connectivity index (χ0) is 20.1. The molecule has 3 aliphatic heterocycles. The maximum Gasteiger partial charge on any atom is 0.235 e. The number of hydrogen-bond donors (Lipinski definition) is 2. The van der Waals surface area contributed by atoms with Gasteiger partial charge < -0.3 is 5.73 Å². The molecule has 0 spiro atoms. The van der Waals surface area contributed by atoms with E-state index < -0.39 is 0 Å². The minimum absolute atomic E-state index is 0.0244. The summed E-state index contributed by atoms with van der Waals surface area (Å²) in [5, 5.41) is 7.60. The molecule has 3 N–H and O–H groups in total. The van der Waals surface area contributed by atoms with E-state index in [2.05, 4.69) is 4.90 Å². The van der Waals surface area contributed by atoms with E-state index in [0.29, 0.717) is 12.1 Å². The van der Waals surface area contributed by atoms with Gasteiger partial charge in [-0.2, -0.15) is 0 Å². The molecule has 3 heterocycles. The Balaban J connectivity index is 1.49. The number of amidine groups is 1. The Morgan fingerprint density at radius 1 is 1.00 bits per heavy atom. The molecule has 0 bridgehead atoms. The lowest BCUT2D eigenvalue weighted by Gasteiger charge is -2.29. The number of hydrogen-bond acceptors (Lipinski definition) is 4. The van der Waals surface area contributed by atoms with Crippen LogP contribution in [0.3, 0.4) is 0 Å². The van der Waals surface area contributed by atoms with Crippen LogP contribution in [0.2, 0.25) is 0 Å². The number of benzene rings is 2. The lowest BCUT2D eigenvalue weighted by atomic mass is 9.85. The van der Waals surface area contributed by atoms with E-state index in [1.165, 1.54) is 4.90 Å². The fraction of sp³-hybridized carbons (Fsp3) is 0.348. The fourth-order valence-corrected chi connectivity index (χ4v) is 5.44. The van der Waals surface area contributed by atoms with Crippen molar-refractivity contribution in [2.75, 3.05) is 6.54 Å². The van der Waals surface area contributed by atoms with Crippen molar-refractivity contribution in [2.24, 2.45) is 17.6 Å². The first kappa shape index (κ1) is 18.1. The lowest BCUT2D eigenvalue weighted by Crippen LogP contribution is -2.38. The zero-order valence-corrected chi connectivity index (χ0v) is 16.1. The molecule has 0 saturated carbocycles. The van der Waals surface area contributed by atoms with Crippen LogP contribution >= 0.6 is 0 Å². The van der Waals surface area contributed by atoms with E-state index in [9.17, 15) is 9.59 Å². The molecule has 3 saturated heterocycles. The average Bonchev–Trinajstić information content (AvgIpc) is 3.37. The molecular weight excluding hydrogens is 364 g/mol. The van der Waals surface area contributed by atoms with Crippen LogP contribution in [0.4, 0.5) is 0 Å². The number of carbonyl (C=O) groups is 2. The van der Waals surface area contributed by atoms with Crippen molar-refractivity contribution in [3.8, 4) is 0 Å². The summed E-state index contributed by atoms with van der Waals surface area (Å²) in [7, 11) is 0. The Morgan fingerprint density at radius 3 is 2.38 bits per heavy atom. The molecule has 3 fully saturated rings. The molecule has 6 heteroatoms. The number of nitrogen functional groups attached to an aromatic ring is 1. The minimum Gasteiger partial charge on any atom is -0.384 e. The van der Waals surface area contributed by atoms with E-state index >= 15 is 0 Å². The number of fused-ring (bicyclic) bond motifs is 3. The van der Waals surface area contributed by atoms with Crippen molar-refractivity contribution in [2.45, 2.75) is 31.5 Å². The van der Waals surface area contributed by atoms with Crippen LogP contribution in [-0.2, 0) is 16.1 Å². The molecule has 0 radical (unpaired) electrons. The maximum absolute atomic E-state index is 13.4. The highest BCUT2D eigenvalue weighted by molar-refractivity contribution is 6.06. The molecule has 148 valence electrons. The molecule has 0 unspecified atom stereocenters. The maximum atomic E-state index is 13.4. The highest BCUT2D eigenvalue weighted by Crippen LogP contribution is 2.53. The number of imide groups is 1. The standard InChI is InChI=1S/C23H24N4O2/c24-21(25)16-10-8-15(9-11-16)20-19-18(17-7-4-12-26(17)20)22(28)27(23(19)29)13-14-5-2-1-3-6-14/h1-3,5-6,8-11,17-20H,4,7,12-13H2,(H3,24,25)/t17-,18-,19-,20-/m1/s1. The second kappa shape index (κ2) is 6.81. The van der Waals surface area contributed by atoms with Gasteiger partial charge in [0.2, 0.25) is 11.8 Å². The molecule has 3 aliphatic rings. The van der Waals surface area contributed by atoms with Gasteiger partial charge >= 0.3 is 0 Å². The topological polar surface area (TPSA) is 90.5 Å². The first-order valence-corrected chi connectivity index (χ1v) is 10.2. The van der Waals surface area contributed by atoms with Gasteiger partial charge in [0.25, 0.3) is 0 Å². The van der Waals surface area contributed by atoms with Gasteiger partial charge in [-0.25, -0.2) is 0 Å². The molecule has 2 aromatic rings. The third-order valence-corrected chi connectivity index (χ3v) is 6.69. The van der Waals surface area contributed by atoms with Crippen molar-refractivity contribution in [3.05, 3.63) is 71.3 Å². The number of nitrogens with two attached hydrogens (primary N) is 1. The van der Waals surface area contributed by atoms with E-state index in [4.69, 9.17) is 11.1 Å². The summed E-state index contributed by atoms with van der Waals surface area (Å²) in [6.45, 7) is 1.25. The van der Waals surface area contributed by atoms with E-state index in [0.717, 1.165) is 30.5 Å². The first-order valence-electron chi connectivity index (χ1n) is 10.2. The number of amides is 2. The van der Waals surface area contributed by atoms with Crippen LogP contribution in [0.5, 0.6) is 0 Å². The summed E-state index contributed by atoms with van der Waals surface area (Å²) in [6, 6.07) is 17.3. The molecular formula is C23H24N4O2. The van der Waals surface area contributed by atoms with Gasteiger partial charge in [-0.1, -0.05) is 54.6 Å². The highest BCUT2D eigenvalue weighted by atomic mass is 16.2. The fourth-order valence-electron chi connectivity index (χ4n) is 5.44. The van der Waals surface area contributed by atoms with Crippen molar-refractivity contribution < 1.29 is 9.59 Å². The molecule has 5 rings (SSSR count). The second-order valence-electron chi connectivity index (χ2n) is 8.23. The number of carbonyl (C=O) groups excluding carboxylic acids is 2. The predicted octanol–water partition coefficient (Wildman–Crippen LogP) is 2.29. The predicted molar refractivity (Wildman–Crippen MR) is 109 cm³/mol. The number of nitrogens with zero attached hydrogens (tertiary/aromatic N) is 2. The van der Waals surface area contributed by atoms with E-state index in [1.807, 2.05) is 54.6 Å². The third-order valence-electron chi connectivity index (χ3n) is 6.69. The van der Waals surface area contributed by atoms with Gasteiger partial charge in [-0.3, -0.25) is 24.8 Å². The number of rotatable bonds is 4. The number of nitrogens with one attached hydrogen (secondary N) is 1. The second-order valence-corrected chi connectivity index (χ2v) is 8.23. The highest BCUT2D eigenvalue weighted by Gasteiger charge is 2.62. The lowest BCUT2D eigenvalue weighted by molar-refractivity contribution is -0.142. The Bertz CT molecular complexity index is 972. The van der Waals surface area contributed by atoms with Gasteiger partial charge in [0.15, 0.2) is 0 Å². The molecule has 0 aliphatic carbocycles. The molecule has 29 heavy (non-hydrogen) atoms. The Kier molecular flexibility index (Phi) is 4.24. The van der Waals surface area contributed by atoms with Gasteiger partial charge in [0.05, 0.1) is 18.4 Å². The Labute approximate surface area is 169 Å². The van der Waals surface area contributed by atoms with Gasteiger partial charge in [-0.15, -0.1) is 0 Å². The zero-order valence-electron chi connectivity index (χ0n) is 16.1. The SMILES string of the molecule is N=C(N)c1ccc([C@@H]2[C@@H]3C(=O)N(Cc4ccccc4)C(=O)[C@@H]3[C@H]3CCCN32)cc1. The van der Waals surface area contributed by atoms with Crippen LogP contribution in [-0.4, -0.2) is 40.0 Å².